The summed E-state index contributed by atoms with van der Waals surface area (Å²) in [6.07, 6.45) is 3.09. The fourth-order valence-corrected chi connectivity index (χ4v) is 3.30. The molecule has 3 rings (SSSR count). The third-order valence-corrected chi connectivity index (χ3v) is 4.33. The maximum Gasteiger partial charge on any atom is 0.305 e. The smallest absolute Gasteiger partial charge is 0.305 e. The van der Waals surface area contributed by atoms with Crippen LogP contribution >= 0.6 is 0 Å². The number of nitro groups is 1. The van der Waals surface area contributed by atoms with Crippen LogP contribution in [0, 0.1) is 15.9 Å². The molecule has 0 saturated carbocycles. The number of hydrogen-bond donors (Lipinski definition) is 1. The molecule has 112 valence electrons. The Morgan fingerprint density at radius 3 is 2.95 bits per heavy atom. The second kappa shape index (κ2) is 5.40. The molecule has 21 heavy (non-hydrogen) atoms. The van der Waals surface area contributed by atoms with Gasteiger partial charge in [0.2, 0.25) is 5.82 Å². The molecule has 2 atom stereocenters. The summed E-state index contributed by atoms with van der Waals surface area (Å²) in [6, 6.07) is 3.67. The zero-order chi connectivity index (χ0) is 15.0. The van der Waals surface area contributed by atoms with E-state index in [0.717, 1.165) is 44.5 Å². The van der Waals surface area contributed by atoms with Crippen LogP contribution in [0.1, 0.15) is 29.6 Å². The van der Waals surface area contributed by atoms with Gasteiger partial charge in [-0.25, -0.2) is 0 Å². The molecule has 0 spiro atoms. The van der Waals surface area contributed by atoms with Crippen molar-refractivity contribution in [2.75, 3.05) is 13.1 Å². The third-order valence-electron chi connectivity index (χ3n) is 4.33. The molecule has 2 aliphatic heterocycles. The molecule has 7 heteroatoms. The highest BCUT2D eigenvalue weighted by molar-refractivity contribution is 5.95. The fourth-order valence-electron chi connectivity index (χ4n) is 3.30. The van der Waals surface area contributed by atoms with Gasteiger partial charge in [0.05, 0.1) is 4.92 Å². The van der Waals surface area contributed by atoms with E-state index in [4.69, 9.17) is 0 Å². The first-order valence-corrected chi connectivity index (χ1v) is 7.05. The lowest BCUT2D eigenvalue weighted by atomic mass is 10.1. The zero-order valence-electron chi connectivity index (χ0n) is 11.4. The number of nitrogens with zero attached hydrogens (tertiary/aromatic N) is 2. The summed E-state index contributed by atoms with van der Waals surface area (Å²) in [6.45, 7) is 2.04. The van der Waals surface area contributed by atoms with Gasteiger partial charge >= 0.3 is 5.69 Å². The van der Waals surface area contributed by atoms with Crippen molar-refractivity contribution in [1.29, 1.82) is 0 Å². The molecule has 0 bridgehead atoms. The van der Waals surface area contributed by atoms with Crippen molar-refractivity contribution in [3.63, 3.8) is 0 Å². The van der Waals surface area contributed by atoms with Gasteiger partial charge in [0.1, 0.15) is 0 Å². The van der Waals surface area contributed by atoms with Gasteiger partial charge in [-0.3, -0.25) is 19.8 Å². The van der Waals surface area contributed by atoms with Crippen LogP contribution in [0.5, 0.6) is 0 Å². The maximum atomic E-state index is 13.3. The lowest BCUT2D eigenvalue weighted by molar-refractivity contribution is -0.387. The van der Waals surface area contributed by atoms with E-state index < -0.39 is 16.4 Å². The van der Waals surface area contributed by atoms with Crippen LogP contribution in [0.15, 0.2) is 18.2 Å². The first-order chi connectivity index (χ1) is 10.1. The van der Waals surface area contributed by atoms with Gasteiger partial charge < -0.3 is 5.32 Å². The zero-order valence-corrected chi connectivity index (χ0v) is 11.4. The highest BCUT2D eigenvalue weighted by Gasteiger charge is 2.37. The number of nitrogens with one attached hydrogen (secondary N) is 1. The van der Waals surface area contributed by atoms with Crippen LogP contribution in [-0.4, -0.2) is 40.9 Å². The van der Waals surface area contributed by atoms with Gasteiger partial charge in [-0.2, -0.15) is 4.39 Å². The summed E-state index contributed by atoms with van der Waals surface area (Å²) >= 11 is 0. The van der Waals surface area contributed by atoms with Crippen LogP contribution in [0.25, 0.3) is 0 Å². The Balaban J connectivity index is 1.74. The van der Waals surface area contributed by atoms with Crippen molar-refractivity contribution in [2.24, 2.45) is 0 Å². The third kappa shape index (κ3) is 2.61. The Labute approximate surface area is 121 Å². The first kappa shape index (κ1) is 13.9. The van der Waals surface area contributed by atoms with E-state index in [1.165, 1.54) is 6.07 Å². The number of nitro benzene ring substituents is 1. The lowest BCUT2D eigenvalue weighted by Crippen LogP contribution is -2.42. The fraction of sp³-hybridized carbons (Fsp3) is 0.500. The van der Waals surface area contributed by atoms with Crippen molar-refractivity contribution in [3.8, 4) is 0 Å². The summed E-state index contributed by atoms with van der Waals surface area (Å²) in [7, 11) is 0. The average molecular weight is 293 g/mol. The molecule has 0 aliphatic carbocycles. The van der Waals surface area contributed by atoms with Crippen LogP contribution in [-0.2, 0) is 0 Å². The van der Waals surface area contributed by atoms with Crippen molar-refractivity contribution in [3.05, 3.63) is 39.7 Å². The van der Waals surface area contributed by atoms with Gasteiger partial charge in [0, 0.05) is 30.3 Å². The maximum absolute atomic E-state index is 13.3. The van der Waals surface area contributed by atoms with Crippen LogP contribution in [0.3, 0.4) is 0 Å². The summed E-state index contributed by atoms with van der Waals surface area (Å²) in [5.41, 5.74) is -0.545. The molecule has 2 heterocycles. The Morgan fingerprint density at radius 2 is 2.19 bits per heavy atom. The van der Waals surface area contributed by atoms with E-state index in [0.29, 0.717) is 6.04 Å². The summed E-state index contributed by atoms with van der Waals surface area (Å²) in [4.78, 5) is 24.5. The Hall–Kier alpha value is -2.02. The molecule has 6 nitrogen and oxygen atoms in total. The Kier molecular flexibility index (Phi) is 3.59. The predicted octanol–water partition coefficient (Wildman–Crippen LogP) is 1.70. The molecular formula is C14H16FN3O3. The molecular weight excluding hydrogens is 277 g/mol. The molecule has 2 saturated heterocycles. The molecule has 2 unspecified atom stereocenters. The lowest BCUT2D eigenvalue weighted by Gasteiger charge is -2.21. The van der Waals surface area contributed by atoms with E-state index in [1.54, 1.807) is 0 Å². The minimum absolute atomic E-state index is 0.0732. The number of hydrogen-bond acceptors (Lipinski definition) is 4. The van der Waals surface area contributed by atoms with E-state index in [9.17, 15) is 19.3 Å². The summed E-state index contributed by atoms with van der Waals surface area (Å²) in [5.74, 6) is -1.31. The minimum Gasteiger partial charge on any atom is -0.348 e. The van der Waals surface area contributed by atoms with E-state index in [2.05, 4.69) is 10.2 Å². The van der Waals surface area contributed by atoms with E-state index in [1.807, 2.05) is 0 Å². The van der Waals surface area contributed by atoms with Crippen molar-refractivity contribution in [1.82, 2.24) is 10.2 Å². The highest BCUT2D eigenvalue weighted by atomic mass is 19.1. The van der Waals surface area contributed by atoms with E-state index >= 15 is 0 Å². The Morgan fingerprint density at radius 1 is 1.38 bits per heavy atom. The number of carbonyl (C=O) groups excluding carboxylic acids is 1. The van der Waals surface area contributed by atoms with Gasteiger partial charge in [-0.05, 0) is 37.9 Å². The Bertz CT molecular complexity index is 593. The molecule has 1 aromatic rings. The quantitative estimate of drug-likeness (QED) is 0.680. The molecule has 0 aromatic heterocycles. The largest absolute Gasteiger partial charge is 0.348 e. The molecule has 1 N–H and O–H groups in total. The van der Waals surface area contributed by atoms with Gasteiger partial charge in [-0.1, -0.05) is 0 Å². The van der Waals surface area contributed by atoms with Gasteiger partial charge in [-0.15, -0.1) is 0 Å². The summed E-state index contributed by atoms with van der Waals surface area (Å²) in [5, 5.41) is 13.6. The van der Waals surface area contributed by atoms with Crippen molar-refractivity contribution in [2.45, 2.75) is 31.3 Å². The standard InChI is InChI=1S/C14H16FN3O3/c15-10-4-3-9(8-13(10)18(20)21)14(19)16-11-5-7-17-6-1-2-12(11)17/h3-4,8,11-12H,1-2,5-7H2,(H,16,19). The first-order valence-electron chi connectivity index (χ1n) is 7.05. The molecule has 0 radical (unpaired) electrons. The SMILES string of the molecule is O=C(NC1CCN2CCCC12)c1ccc(F)c([N+](=O)[O-])c1. The normalized spacial score (nSPS) is 24.8. The number of carbonyl (C=O) groups is 1. The molecule has 1 amide bonds. The van der Waals surface area contributed by atoms with Crippen LogP contribution in [0.4, 0.5) is 10.1 Å². The molecule has 1 aromatic carbocycles. The monoisotopic (exact) mass is 293 g/mol. The summed E-state index contributed by atoms with van der Waals surface area (Å²) < 4.78 is 13.3. The molecule has 2 fully saturated rings. The van der Waals surface area contributed by atoms with Crippen LogP contribution < -0.4 is 5.32 Å². The predicted molar refractivity (Wildman–Crippen MR) is 73.5 cm³/mol. The van der Waals surface area contributed by atoms with Crippen molar-refractivity contribution < 1.29 is 14.1 Å². The number of amides is 1. The highest BCUT2D eigenvalue weighted by Crippen LogP contribution is 2.28. The van der Waals surface area contributed by atoms with E-state index in [-0.39, 0.29) is 17.5 Å². The van der Waals surface area contributed by atoms with Gasteiger partial charge in [0.25, 0.3) is 5.91 Å². The second-order valence-corrected chi connectivity index (χ2v) is 5.54. The topological polar surface area (TPSA) is 75.5 Å². The average Bonchev–Trinajstić information content (AvgIpc) is 3.04. The number of rotatable bonds is 3. The minimum atomic E-state index is -0.931. The number of benzene rings is 1. The number of halogens is 1. The van der Waals surface area contributed by atoms with Crippen molar-refractivity contribution >= 4 is 11.6 Å². The van der Waals surface area contributed by atoms with Gasteiger partial charge in [0.15, 0.2) is 0 Å². The number of fused-ring (bicyclic) bond motifs is 1. The second-order valence-electron chi connectivity index (χ2n) is 5.54. The van der Waals surface area contributed by atoms with Crippen LogP contribution in [0.2, 0.25) is 0 Å². The molecule has 2 aliphatic rings.